The van der Waals surface area contributed by atoms with E-state index >= 15 is 0 Å². The van der Waals surface area contributed by atoms with E-state index in [1.165, 1.54) is 11.3 Å². The van der Waals surface area contributed by atoms with Gasteiger partial charge in [-0.25, -0.2) is 0 Å². The van der Waals surface area contributed by atoms with Crippen LogP contribution in [0.25, 0.3) is 21.4 Å². The fourth-order valence-corrected chi connectivity index (χ4v) is 4.82. The lowest BCUT2D eigenvalue weighted by atomic mass is 10.1. The van der Waals surface area contributed by atoms with Crippen LogP contribution in [0, 0.1) is 0 Å². The van der Waals surface area contributed by atoms with E-state index in [0.717, 1.165) is 16.8 Å². The van der Waals surface area contributed by atoms with Gasteiger partial charge in [-0.05, 0) is 17.7 Å². The van der Waals surface area contributed by atoms with Gasteiger partial charge in [0, 0.05) is 36.5 Å². The summed E-state index contributed by atoms with van der Waals surface area (Å²) in [5.74, 6) is 1.33. The van der Waals surface area contributed by atoms with E-state index in [0.29, 0.717) is 67.8 Å². The van der Waals surface area contributed by atoms with Crippen LogP contribution < -0.4 is 20.0 Å². The number of hydrogen-bond acceptors (Lipinski definition) is 7. The van der Waals surface area contributed by atoms with Gasteiger partial charge in [-0.3, -0.25) is 9.59 Å². The maximum Gasteiger partial charge on any atom is 0.226 e. The zero-order chi connectivity index (χ0) is 20.7. The SMILES string of the molecule is CCC(=O)N1CCOc2ccc(-c3csc4c(=O)cc(N5CCOCC5)oc34)cc21. The molecule has 2 aromatic heterocycles. The third-order valence-corrected chi connectivity index (χ3v) is 6.47. The van der Waals surface area contributed by atoms with Gasteiger partial charge in [-0.2, -0.15) is 0 Å². The van der Waals surface area contributed by atoms with E-state index in [1.54, 1.807) is 11.0 Å². The predicted molar refractivity (Wildman–Crippen MR) is 117 cm³/mol. The molecule has 0 bridgehead atoms. The number of carbonyl (C=O) groups is 1. The number of benzene rings is 1. The minimum Gasteiger partial charge on any atom is -0.490 e. The van der Waals surface area contributed by atoms with Gasteiger partial charge in [0.25, 0.3) is 0 Å². The Morgan fingerprint density at radius 2 is 1.97 bits per heavy atom. The van der Waals surface area contributed by atoms with Crippen LogP contribution in [-0.2, 0) is 9.53 Å². The molecule has 1 amide bonds. The Hall–Kier alpha value is -2.84. The fraction of sp³-hybridized carbons (Fsp3) is 0.364. The van der Waals surface area contributed by atoms with Gasteiger partial charge in [0.2, 0.25) is 11.3 Å². The fourth-order valence-electron chi connectivity index (χ4n) is 3.90. The summed E-state index contributed by atoms with van der Waals surface area (Å²) in [5, 5.41) is 1.94. The molecule has 156 valence electrons. The molecule has 0 spiro atoms. The second-order valence-corrected chi connectivity index (χ2v) is 8.17. The van der Waals surface area contributed by atoms with Crippen LogP contribution in [0.2, 0.25) is 0 Å². The summed E-state index contributed by atoms with van der Waals surface area (Å²) in [7, 11) is 0. The quantitative estimate of drug-likeness (QED) is 0.638. The smallest absolute Gasteiger partial charge is 0.226 e. The van der Waals surface area contributed by atoms with Crippen LogP contribution in [0.5, 0.6) is 5.75 Å². The van der Waals surface area contributed by atoms with Crippen molar-refractivity contribution in [3.63, 3.8) is 0 Å². The summed E-state index contributed by atoms with van der Waals surface area (Å²) in [6.45, 7) is 5.49. The largest absolute Gasteiger partial charge is 0.490 e. The lowest BCUT2D eigenvalue weighted by molar-refractivity contribution is -0.118. The number of morpholine rings is 1. The van der Waals surface area contributed by atoms with Crippen molar-refractivity contribution < 1.29 is 18.7 Å². The molecule has 3 aromatic rings. The summed E-state index contributed by atoms with van der Waals surface area (Å²) in [6, 6.07) is 7.34. The molecule has 7 nitrogen and oxygen atoms in total. The minimum absolute atomic E-state index is 0.0435. The first-order valence-corrected chi connectivity index (χ1v) is 11.0. The molecule has 0 unspecified atom stereocenters. The second-order valence-electron chi connectivity index (χ2n) is 7.29. The van der Waals surface area contributed by atoms with E-state index in [9.17, 15) is 9.59 Å². The van der Waals surface area contributed by atoms with Gasteiger partial charge >= 0.3 is 0 Å². The topological polar surface area (TPSA) is 72.2 Å². The van der Waals surface area contributed by atoms with Gasteiger partial charge in [0.15, 0.2) is 11.5 Å². The molecule has 0 radical (unpaired) electrons. The highest BCUT2D eigenvalue weighted by Gasteiger charge is 2.24. The number of rotatable bonds is 3. The summed E-state index contributed by atoms with van der Waals surface area (Å²) in [6.07, 6.45) is 0.433. The van der Waals surface area contributed by atoms with Crippen molar-refractivity contribution in [2.24, 2.45) is 0 Å². The van der Waals surface area contributed by atoms with Crippen LogP contribution in [0.1, 0.15) is 13.3 Å². The monoisotopic (exact) mass is 426 g/mol. The van der Waals surface area contributed by atoms with Gasteiger partial charge in [-0.1, -0.05) is 13.0 Å². The maximum absolute atomic E-state index is 12.7. The van der Waals surface area contributed by atoms with Crippen molar-refractivity contribution in [2.45, 2.75) is 13.3 Å². The average molecular weight is 426 g/mol. The Kier molecular flexibility index (Phi) is 4.96. The molecule has 8 heteroatoms. The molecule has 0 aliphatic carbocycles. The Bertz CT molecular complexity index is 1160. The first kappa shape index (κ1) is 19.1. The molecule has 0 saturated carbocycles. The van der Waals surface area contributed by atoms with Crippen molar-refractivity contribution in [1.82, 2.24) is 0 Å². The number of ether oxygens (including phenoxy) is 2. The summed E-state index contributed by atoms with van der Waals surface area (Å²) < 4.78 is 18.0. The van der Waals surface area contributed by atoms with Crippen LogP contribution in [-0.4, -0.2) is 45.4 Å². The summed E-state index contributed by atoms with van der Waals surface area (Å²) in [5.41, 5.74) is 3.04. The number of anilines is 2. The molecule has 2 aliphatic heterocycles. The highest BCUT2D eigenvalue weighted by molar-refractivity contribution is 7.17. The van der Waals surface area contributed by atoms with Crippen LogP contribution in [0.4, 0.5) is 11.6 Å². The van der Waals surface area contributed by atoms with Crippen molar-refractivity contribution >= 4 is 39.1 Å². The van der Waals surface area contributed by atoms with Crippen molar-refractivity contribution in [1.29, 1.82) is 0 Å². The molecule has 0 atom stereocenters. The normalized spacial score (nSPS) is 16.4. The van der Waals surface area contributed by atoms with E-state index < -0.39 is 0 Å². The molecule has 2 aliphatic rings. The lowest BCUT2D eigenvalue weighted by Gasteiger charge is -2.29. The molecule has 1 aromatic carbocycles. The highest BCUT2D eigenvalue weighted by atomic mass is 32.1. The van der Waals surface area contributed by atoms with Crippen molar-refractivity contribution in [2.75, 3.05) is 49.3 Å². The van der Waals surface area contributed by atoms with Gasteiger partial charge in [0.1, 0.15) is 17.1 Å². The molecular weight excluding hydrogens is 404 g/mol. The number of nitrogens with zero attached hydrogens (tertiary/aromatic N) is 2. The van der Waals surface area contributed by atoms with Crippen LogP contribution in [0.15, 0.2) is 38.9 Å². The van der Waals surface area contributed by atoms with E-state index in [1.807, 2.05) is 35.4 Å². The maximum atomic E-state index is 12.7. The predicted octanol–water partition coefficient (Wildman–Crippen LogP) is 3.49. The third-order valence-electron chi connectivity index (χ3n) is 5.49. The lowest BCUT2D eigenvalue weighted by Crippen LogP contribution is -2.37. The summed E-state index contributed by atoms with van der Waals surface area (Å²) in [4.78, 5) is 28.9. The molecule has 4 heterocycles. The first-order valence-electron chi connectivity index (χ1n) is 10.1. The van der Waals surface area contributed by atoms with Gasteiger partial charge in [-0.15, -0.1) is 11.3 Å². The number of fused-ring (bicyclic) bond motifs is 2. The molecule has 1 saturated heterocycles. The standard InChI is InChI=1S/C22H22N2O5S/c1-2-19(26)24-7-10-28-18-4-3-14(11-16(18)24)15-13-30-22-17(25)12-20(29-21(15)22)23-5-8-27-9-6-23/h3-4,11-13H,2,5-10H2,1H3. The molecule has 0 N–H and O–H groups in total. The number of carbonyl (C=O) groups excluding carboxylic acids is 1. The number of hydrogen-bond donors (Lipinski definition) is 0. The molecule has 1 fully saturated rings. The molecule has 5 rings (SSSR count). The van der Waals surface area contributed by atoms with E-state index in [2.05, 4.69) is 0 Å². The number of amides is 1. The highest BCUT2D eigenvalue weighted by Crippen LogP contribution is 2.40. The third kappa shape index (κ3) is 3.26. The summed E-state index contributed by atoms with van der Waals surface area (Å²) >= 11 is 1.38. The Morgan fingerprint density at radius 1 is 1.13 bits per heavy atom. The number of thiophene rings is 1. The zero-order valence-corrected chi connectivity index (χ0v) is 17.5. The van der Waals surface area contributed by atoms with Crippen LogP contribution in [0.3, 0.4) is 0 Å². The first-order chi connectivity index (χ1) is 14.7. The zero-order valence-electron chi connectivity index (χ0n) is 16.7. The van der Waals surface area contributed by atoms with Crippen LogP contribution >= 0.6 is 11.3 Å². The Morgan fingerprint density at radius 3 is 2.77 bits per heavy atom. The van der Waals surface area contributed by atoms with Crippen molar-refractivity contribution in [3.05, 3.63) is 39.9 Å². The van der Waals surface area contributed by atoms with Gasteiger partial charge in [0.05, 0.1) is 25.4 Å². The molecule has 30 heavy (non-hydrogen) atoms. The Balaban J connectivity index is 1.60. The van der Waals surface area contributed by atoms with E-state index in [4.69, 9.17) is 13.9 Å². The molecular formula is C22H22N2O5S. The second kappa shape index (κ2) is 7.77. The van der Waals surface area contributed by atoms with Gasteiger partial charge < -0.3 is 23.7 Å². The average Bonchev–Trinajstić information content (AvgIpc) is 3.23. The minimum atomic E-state index is -0.0435. The van der Waals surface area contributed by atoms with E-state index in [-0.39, 0.29) is 11.3 Å². The van der Waals surface area contributed by atoms with Crippen molar-refractivity contribution in [3.8, 4) is 16.9 Å². The Labute approximate surface area is 177 Å².